The van der Waals surface area contributed by atoms with Crippen molar-refractivity contribution in [1.29, 1.82) is 0 Å². The Morgan fingerprint density at radius 2 is 1.61 bits per heavy atom. The Morgan fingerprint density at radius 1 is 0.932 bits per heavy atom. The van der Waals surface area contributed by atoms with Gasteiger partial charge in [-0.15, -0.1) is 13.2 Å². The predicted octanol–water partition coefficient (Wildman–Crippen LogP) is 7.22. The Hall–Kier alpha value is -4.68. The highest BCUT2D eigenvalue weighted by molar-refractivity contribution is 6.07. The van der Waals surface area contributed by atoms with Crippen LogP contribution < -0.4 is 20.7 Å². The number of halogens is 3. The number of H-pyrrole nitrogens is 1. The van der Waals surface area contributed by atoms with Gasteiger partial charge in [0, 0.05) is 11.3 Å². The summed E-state index contributed by atoms with van der Waals surface area (Å²) in [6, 6.07) is 11.2. The summed E-state index contributed by atoms with van der Waals surface area (Å²) in [6.07, 6.45) is 1.94. The molecule has 232 valence electrons. The Labute approximate surface area is 252 Å². The maximum atomic E-state index is 13.1. The zero-order chi connectivity index (χ0) is 31.5. The number of fused-ring (bicyclic) bond motifs is 1. The average molecular weight is 610 g/mol. The van der Waals surface area contributed by atoms with E-state index < -0.39 is 12.4 Å². The molecule has 0 aliphatic heterocycles. The fraction of sp³-hybridized carbons (Fsp3) is 0.387. The van der Waals surface area contributed by atoms with Gasteiger partial charge < -0.3 is 20.7 Å². The van der Waals surface area contributed by atoms with Crippen molar-refractivity contribution in [2.75, 3.05) is 10.6 Å². The zero-order valence-electron chi connectivity index (χ0n) is 24.5. The second-order valence-corrected chi connectivity index (χ2v) is 12.1. The van der Waals surface area contributed by atoms with Crippen LogP contribution in [0.25, 0.3) is 11.0 Å². The fourth-order valence-electron chi connectivity index (χ4n) is 5.73. The van der Waals surface area contributed by atoms with E-state index in [4.69, 9.17) is 0 Å². The number of ether oxygens (including phenoxy) is 1. The molecule has 2 aromatic carbocycles. The summed E-state index contributed by atoms with van der Waals surface area (Å²) in [6.45, 7) is 6.74. The molecule has 0 saturated heterocycles. The second-order valence-electron chi connectivity index (χ2n) is 12.1. The van der Waals surface area contributed by atoms with Gasteiger partial charge in [0.15, 0.2) is 5.65 Å². The first-order chi connectivity index (χ1) is 20.9. The summed E-state index contributed by atoms with van der Waals surface area (Å²) in [4.78, 5) is 34.4. The molecule has 0 spiro atoms. The molecule has 3 amide bonds. The number of benzene rings is 2. The lowest BCUT2D eigenvalue weighted by Gasteiger charge is -2.39. The number of carbonyl (C=O) groups excluding carboxylic acids is 2. The van der Waals surface area contributed by atoms with Crippen molar-refractivity contribution < 1.29 is 27.5 Å². The first-order valence-electron chi connectivity index (χ1n) is 14.3. The number of hydrogen-bond acceptors (Lipinski definition) is 6. The summed E-state index contributed by atoms with van der Waals surface area (Å²) in [5.41, 5.74) is 2.25. The van der Waals surface area contributed by atoms with Gasteiger partial charge in [-0.2, -0.15) is 5.10 Å². The minimum absolute atomic E-state index is 0.150. The molecule has 5 rings (SSSR count). The van der Waals surface area contributed by atoms with Crippen molar-refractivity contribution in [2.24, 2.45) is 17.3 Å². The van der Waals surface area contributed by atoms with Gasteiger partial charge in [-0.3, -0.25) is 9.89 Å². The maximum absolute atomic E-state index is 13.1. The highest BCUT2D eigenvalue weighted by Crippen LogP contribution is 2.43. The monoisotopic (exact) mass is 609 g/mol. The van der Waals surface area contributed by atoms with E-state index in [1.165, 1.54) is 24.7 Å². The van der Waals surface area contributed by atoms with Gasteiger partial charge in [0.2, 0.25) is 0 Å². The zero-order valence-corrected chi connectivity index (χ0v) is 24.5. The number of amides is 3. The third kappa shape index (κ3) is 7.63. The van der Waals surface area contributed by atoms with Crippen molar-refractivity contribution in [3.8, 4) is 5.75 Å². The average Bonchev–Trinajstić information content (AvgIpc) is 3.46. The third-order valence-electron chi connectivity index (χ3n) is 8.11. The summed E-state index contributed by atoms with van der Waals surface area (Å²) in [7, 11) is 0. The van der Waals surface area contributed by atoms with E-state index in [2.05, 4.69) is 61.6 Å². The number of nitrogens with one attached hydrogen (secondary N) is 4. The van der Waals surface area contributed by atoms with Gasteiger partial charge in [-0.1, -0.05) is 32.9 Å². The molecule has 0 radical (unpaired) electrons. The van der Waals surface area contributed by atoms with E-state index in [1.807, 2.05) is 12.1 Å². The minimum Gasteiger partial charge on any atom is -0.406 e. The molecule has 0 bridgehead atoms. The van der Waals surface area contributed by atoms with Crippen LogP contribution in [0.5, 0.6) is 5.75 Å². The number of aromatic amines is 1. The Kier molecular flexibility index (Phi) is 8.75. The molecule has 1 aliphatic carbocycles. The van der Waals surface area contributed by atoms with Crippen LogP contribution in [0.15, 0.2) is 61.1 Å². The van der Waals surface area contributed by atoms with Gasteiger partial charge in [0.25, 0.3) is 5.91 Å². The standard InChI is InChI=1S/C31H34F3N7O3/c1-30(2,3)21-10-8-19(9-11-21)25(39-29(43)38-22-12-14-23(15-13-22)44-31(32,33)34)18-4-6-20(7-5-18)28(42)40-26-24-16-37-41-27(24)36-17-35-26/h4-7,12-17,19,21,25H,8-11H2,1-3H3,(H2,38,39,43)(H2,35,36,37,40,41,42). The molecule has 2 aromatic heterocycles. The molecule has 1 aliphatic rings. The van der Waals surface area contributed by atoms with Gasteiger partial charge in [-0.25, -0.2) is 14.8 Å². The van der Waals surface area contributed by atoms with E-state index in [0.717, 1.165) is 43.4 Å². The van der Waals surface area contributed by atoms with Crippen LogP contribution in [0.1, 0.15) is 68.4 Å². The fourth-order valence-corrected chi connectivity index (χ4v) is 5.73. The number of nitrogens with zero attached hydrogens (tertiary/aromatic N) is 3. The summed E-state index contributed by atoms with van der Waals surface area (Å²) < 4.78 is 41.4. The number of alkyl halides is 3. The first kappa shape index (κ1) is 30.8. The van der Waals surface area contributed by atoms with Crippen molar-refractivity contribution in [1.82, 2.24) is 25.5 Å². The molecule has 4 aromatic rings. The number of hydrogen-bond donors (Lipinski definition) is 4. The number of aromatic nitrogens is 4. The van der Waals surface area contributed by atoms with E-state index in [0.29, 0.717) is 34.0 Å². The van der Waals surface area contributed by atoms with Crippen molar-refractivity contribution >= 4 is 34.5 Å². The van der Waals surface area contributed by atoms with Crippen molar-refractivity contribution in [3.05, 3.63) is 72.2 Å². The lowest BCUT2D eigenvalue weighted by Crippen LogP contribution is -2.38. The van der Waals surface area contributed by atoms with Crippen LogP contribution in [-0.2, 0) is 0 Å². The molecular weight excluding hydrogens is 575 g/mol. The lowest BCUT2D eigenvalue weighted by molar-refractivity contribution is -0.274. The van der Waals surface area contributed by atoms with Gasteiger partial charge in [-0.05, 0) is 84.9 Å². The quantitative estimate of drug-likeness (QED) is 0.175. The predicted molar refractivity (Wildman–Crippen MR) is 159 cm³/mol. The number of carbonyl (C=O) groups is 2. The Morgan fingerprint density at radius 3 is 2.25 bits per heavy atom. The topological polar surface area (TPSA) is 134 Å². The molecule has 10 nitrogen and oxygen atoms in total. The smallest absolute Gasteiger partial charge is 0.406 e. The number of anilines is 2. The van der Waals surface area contributed by atoms with Crippen molar-refractivity contribution in [2.45, 2.75) is 58.9 Å². The molecule has 2 heterocycles. The van der Waals surface area contributed by atoms with Crippen molar-refractivity contribution in [3.63, 3.8) is 0 Å². The Bertz CT molecular complexity index is 1590. The molecule has 4 N–H and O–H groups in total. The normalized spacial score (nSPS) is 18.0. The van der Waals surface area contributed by atoms with E-state index in [1.54, 1.807) is 12.1 Å². The van der Waals surface area contributed by atoms with E-state index in [-0.39, 0.29) is 29.0 Å². The molecule has 1 unspecified atom stereocenters. The van der Waals surface area contributed by atoms with Crippen LogP contribution in [0, 0.1) is 17.3 Å². The van der Waals surface area contributed by atoms with Crippen LogP contribution in [0.3, 0.4) is 0 Å². The molecule has 1 fully saturated rings. The molecule has 44 heavy (non-hydrogen) atoms. The number of urea groups is 1. The van der Waals surface area contributed by atoms with Crippen LogP contribution in [0.2, 0.25) is 0 Å². The second kappa shape index (κ2) is 12.5. The molecular formula is C31H34F3N7O3. The Balaban J connectivity index is 1.30. The molecule has 13 heteroatoms. The largest absolute Gasteiger partial charge is 0.573 e. The molecule has 1 saturated carbocycles. The van der Waals surface area contributed by atoms with E-state index >= 15 is 0 Å². The van der Waals surface area contributed by atoms with Crippen LogP contribution in [-0.4, -0.2) is 38.5 Å². The highest BCUT2D eigenvalue weighted by atomic mass is 19.4. The van der Waals surface area contributed by atoms with Gasteiger partial charge in [0.1, 0.15) is 17.9 Å². The van der Waals surface area contributed by atoms with Gasteiger partial charge >= 0.3 is 12.4 Å². The number of rotatable bonds is 7. The third-order valence-corrected chi connectivity index (χ3v) is 8.11. The summed E-state index contributed by atoms with van der Waals surface area (Å²) in [5.74, 6) is 0.318. The summed E-state index contributed by atoms with van der Waals surface area (Å²) in [5, 5.41) is 15.8. The SMILES string of the molecule is CC(C)(C)C1CCC(C(NC(=O)Nc2ccc(OC(F)(F)F)cc2)c2ccc(C(=O)Nc3ncnc4[nH]ncc34)cc2)CC1. The van der Waals surface area contributed by atoms with Gasteiger partial charge in [0.05, 0.1) is 17.6 Å². The minimum atomic E-state index is -4.80. The molecule has 1 atom stereocenters. The lowest BCUT2D eigenvalue weighted by atomic mass is 9.68. The highest BCUT2D eigenvalue weighted by Gasteiger charge is 2.34. The van der Waals surface area contributed by atoms with Crippen LogP contribution in [0.4, 0.5) is 29.5 Å². The van der Waals surface area contributed by atoms with Crippen LogP contribution >= 0.6 is 0 Å². The maximum Gasteiger partial charge on any atom is 0.573 e. The van der Waals surface area contributed by atoms with E-state index in [9.17, 15) is 22.8 Å². The summed E-state index contributed by atoms with van der Waals surface area (Å²) >= 11 is 0. The first-order valence-corrected chi connectivity index (χ1v) is 14.3.